The normalized spacial score (nSPS) is 10.4. The lowest BCUT2D eigenvalue weighted by atomic mass is 10.4. The van der Waals surface area contributed by atoms with Gasteiger partial charge in [-0.15, -0.1) is 11.3 Å². The maximum absolute atomic E-state index is 11.5. The zero-order valence-corrected chi connectivity index (χ0v) is 11.1. The highest BCUT2D eigenvalue weighted by Gasteiger charge is 2.09. The van der Waals surface area contributed by atoms with Crippen molar-refractivity contribution in [3.8, 4) is 0 Å². The summed E-state index contributed by atoms with van der Waals surface area (Å²) >= 11 is 1.32. The quantitative estimate of drug-likeness (QED) is 0.624. The van der Waals surface area contributed by atoms with Crippen molar-refractivity contribution in [3.05, 3.63) is 22.4 Å². The van der Waals surface area contributed by atoms with Crippen molar-refractivity contribution in [3.63, 3.8) is 0 Å². The molecule has 1 aromatic heterocycles. The number of nitrogens with one attached hydrogen (secondary N) is 2. The predicted molar refractivity (Wildman–Crippen MR) is 71.1 cm³/mol. The van der Waals surface area contributed by atoms with Gasteiger partial charge in [0.25, 0.3) is 11.8 Å². The number of nitrogens with two attached hydrogens (primary N) is 1. The van der Waals surface area contributed by atoms with E-state index in [0.717, 1.165) is 13.0 Å². The molecule has 2 amide bonds. The minimum atomic E-state index is -0.303. The van der Waals surface area contributed by atoms with Crippen molar-refractivity contribution in [1.82, 2.24) is 15.8 Å². The molecule has 0 atom stereocenters. The van der Waals surface area contributed by atoms with Gasteiger partial charge in [-0.2, -0.15) is 0 Å². The van der Waals surface area contributed by atoms with E-state index in [4.69, 9.17) is 5.73 Å². The molecule has 0 spiro atoms. The summed E-state index contributed by atoms with van der Waals surface area (Å²) < 4.78 is 0. The summed E-state index contributed by atoms with van der Waals surface area (Å²) in [6.07, 6.45) is 0.839. The summed E-state index contributed by atoms with van der Waals surface area (Å²) in [4.78, 5) is 25.4. The van der Waals surface area contributed by atoms with Crippen molar-refractivity contribution >= 4 is 23.2 Å². The van der Waals surface area contributed by atoms with E-state index in [-0.39, 0.29) is 18.4 Å². The number of nitrogens with zero attached hydrogens (tertiary/aromatic N) is 1. The van der Waals surface area contributed by atoms with E-state index in [1.54, 1.807) is 17.5 Å². The van der Waals surface area contributed by atoms with Crippen molar-refractivity contribution in [2.24, 2.45) is 5.73 Å². The van der Waals surface area contributed by atoms with E-state index in [0.29, 0.717) is 11.4 Å². The van der Waals surface area contributed by atoms with Gasteiger partial charge < -0.3 is 5.73 Å². The van der Waals surface area contributed by atoms with Crippen LogP contribution in [-0.2, 0) is 4.79 Å². The van der Waals surface area contributed by atoms with Crippen LogP contribution in [0.3, 0.4) is 0 Å². The lowest BCUT2D eigenvalue weighted by Crippen LogP contribution is -2.45. The topological polar surface area (TPSA) is 87.5 Å². The molecule has 0 aromatic carbocycles. The van der Waals surface area contributed by atoms with Crippen molar-refractivity contribution in [2.75, 3.05) is 26.7 Å². The first kappa shape index (κ1) is 14.6. The summed E-state index contributed by atoms with van der Waals surface area (Å²) in [7, 11) is 1.83. The third-order valence-corrected chi connectivity index (χ3v) is 3.09. The smallest absolute Gasteiger partial charge is 0.279 e. The zero-order valence-electron chi connectivity index (χ0n) is 10.3. The number of hydrogen-bond donors (Lipinski definition) is 3. The first-order valence-electron chi connectivity index (χ1n) is 5.64. The molecular weight excluding hydrogens is 252 g/mol. The molecular formula is C11H18N4O2S. The maximum atomic E-state index is 11.5. The van der Waals surface area contributed by atoms with Gasteiger partial charge in [-0.3, -0.25) is 25.3 Å². The Labute approximate surface area is 110 Å². The molecule has 0 saturated carbocycles. The number of rotatable bonds is 6. The lowest BCUT2D eigenvalue weighted by molar-refractivity contribution is -0.122. The van der Waals surface area contributed by atoms with E-state index >= 15 is 0 Å². The highest BCUT2D eigenvalue weighted by atomic mass is 32.1. The van der Waals surface area contributed by atoms with Crippen molar-refractivity contribution in [2.45, 2.75) is 6.42 Å². The molecule has 0 unspecified atom stereocenters. The Bertz CT molecular complexity index is 380. The zero-order chi connectivity index (χ0) is 13.4. The Morgan fingerprint density at radius 1 is 1.44 bits per heavy atom. The van der Waals surface area contributed by atoms with Gasteiger partial charge >= 0.3 is 0 Å². The van der Waals surface area contributed by atoms with Gasteiger partial charge in [-0.05, 0) is 38.0 Å². The molecule has 6 nitrogen and oxygen atoms in total. The van der Waals surface area contributed by atoms with Crippen LogP contribution in [0, 0.1) is 0 Å². The molecule has 1 heterocycles. The molecule has 0 bridgehead atoms. The number of carbonyl (C=O) groups is 2. The predicted octanol–water partition coefficient (Wildman–Crippen LogP) is -0.210. The third-order valence-electron chi connectivity index (χ3n) is 2.22. The fourth-order valence-corrected chi connectivity index (χ4v) is 1.94. The highest BCUT2D eigenvalue weighted by Crippen LogP contribution is 2.06. The van der Waals surface area contributed by atoms with Crippen molar-refractivity contribution in [1.29, 1.82) is 0 Å². The Morgan fingerprint density at radius 3 is 2.83 bits per heavy atom. The summed E-state index contributed by atoms with van der Waals surface area (Å²) in [5.41, 5.74) is 10.1. The second-order valence-corrected chi connectivity index (χ2v) is 4.81. The Balaban J connectivity index is 2.22. The Hall–Kier alpha value is -1.44. The van der Waals surface area contributed by atoms with Gasteiger partial charge in [-0.1, -0.05) is 6.07 Å². The molecule has 0 fully saturated rings. The third kappa shape index (κ3) is 5.26. The SMILES string of the molecule is CN(CCCN)CC(=O)NNC(=O)c1cccs1. The minimum absolute atomic E-state index is 0.227. The molecule has 0 aliphatic heterocycles. The van der Waals surface area contributed by atoms with Crippen LogP contribution in [0.4, 0.5) is 0 Å². The van der Waals surface area contributed by atoms with E-state index in [9.17, 15) is 9.59 Å². The fraction of sp³-hybridized carbons (Fsp3) is 0.455. The minimum Gasteiger partial charge on any atom is -0.330 e. The van der Waals surface area contributed by atoms with E-state index < -0.39 is 0 Å². The van der Waals surface area contributed by atoms with E-state index in [2.05, 4.69) is 10.9 Å². The number of hydrazine groups is 1. The van der Waals surface area contributed by atoms with Crippen LogP contribution in [0.5, 0.6) is 0 Å². The first-order chi connectivity index (χ1) is 8.63. The van der Waals surface area contributed by atoms with Crippen molar-refractivity contribution < 1.29 is 9.59 Å². The number of thiophene rings is 1. The average molecular weight is 270 g/mol. The van der Waals surface area contributed by atoms with Gasteiger partial charge in [0.05, 0.1) is 11.4 Å². The van der Waals surface area contributed by atoms with Crippen LogP contribution in [-0.4, -0.2) is 43.4 Å². The molecule has 0 saturated heterocycles. The molecule has 1 aromatic rings. The van der Waals surface area contributed by atoms with Gasteiger partial charge in [0.15, 0.2) is 0 Å². The number of hydrogen-bond acceptors (Lipinski definition) is 5. The van der Waals surface area contributed by atoms with E-state index in [1.807, 2.05) is 11.9 Å². The average Bonchev–Trinajstić information content (AvgIpc) is 2.87. The van der Waals surface area contributed by atoms with Gasteiger partial charge in [-0.25, -0.2) is 0 Å². The molecule has 100 valence electrons. The summed E-state index contributed by atoms with van der Waals surface area (Å²) in [6.45, 7) is 1.58. The lowest BCUT2D eigenvalue weighted by Gasteiger charge is -2.15. The molecule has 0 aliphatic carbocycles. The monoisotopic (exact) mass is 270 g/mol. The number of amides is 2. The highest BCUT2D eigenvalue weighted by molar-refractivity contribution is 7.12. The summed E-state index contributed by atoms with van der Waals surface area (Å²) in [6, 6.07) is 3.47. The largest absolute Gasteiger partial charge is 0.330 e. The standard InChI is InChI=1S/C11H18N4O2S/c1-15(6-3-5-12)8-10(16)13-14-11(17)9-4-2-7-18-9/h2,4,7H,3,5-6,8,12H2,1H3,(H,13,16)(H,14,17). The molecule has 1 rings (SSSR count). The maximum Gasteiger partial charge on any atom is 0.279 e. The first-order valence-corrected chi connectivity index (χ1v) is 6.52. The van der Waals surface area contributed by atoms with Crippen LogP contribution < -0.4 is 16.6 Å². The molecule has 7 heteroatoms. The van der Waals surface area contributed by atoms with Crippen LogP contribution in [0.2, 0.25) is 0 Å². The van der Waals surface area contributed by atoms with Crippen LogP contribution in [0.25, 0.3) is 0 Å². The number of carbonyl (C=O) groups excluding carboxylic acids is 2. The second-order valence-electron chi connectivity index (χ2n) is 3.86. The molecule has 4 N–H and O–H groups in total. The van der Waals surface area contributed by atoms with E-state index in [1.165, 1.54) is 11.3 Å². The Morgan fingerprint density at radius 2 is 2.22 bits per heavy atom. The fourth-order valence-electron chi connectivity index (χ4n) is 1.32. The van der Waals surface area contributed by atoms with Crippen LogP contribution >= 0.6 is 11.3 Å². The van der Waals surface area contributed by atoms with Crippen LogP contribution in [0.1, 0.15) is 16.1 Å². The summed E-state index contributed by atoms with van der Waals surface area (Å²) in [5, 5.41) is 1.80. The van der Waals surface area contributed by atoms with Gasteiger partial charge in [0, 0.05) is 0 Å². The van der Waals surface area contributed by atoms with Gasteiger partial charge in [0.1, 0.15) is 0 Å². The molecule has 0 aliphatic rings. The van der Waals surface area contributed by atoms with Crippen LogP contribution in [0.15, 0.2) is 17.5 Å². The second kappa shape index (κ2) is 7.80. The Kier molecular flexibility index (Phi) is 6.34. The molecule has 18 heavy (non-hydrogen) atoms. The van der Waals surface area contributed by atoms with Gasteiger partial charge in [0.2, 0.25) is 0 Å². The molecule has 0 radical (unpaired) electrons. The number of likely N-dealkylation sites (N-methyl/N-ethyl adjacent to an activating group) is 1. The summed E-state index contributed by atoms with van der Waals surface area (Å²) in [5.74, 6) is -0.553.